The first-order valence-corrected chi connectivity index (χ1v) is 10.7. The summed E-state index contributed by atoms with van der Waals surface area (Å²) in [7, 11) is 0. The van der Waals surface area contributed by atoms with E-state index in [0.29, 0.717) is 46.6 Å². The highest BCUT2D eigenvalue weighted by Gasteiger charge is 2.27. The molecule has 1 heterocycles. The quantitative estimate of drug-likeness (QED) is 0.508. The summed E-state index contributed by atoms with van der Waals surface area (Å²) in [5.74, 6) is -0.300. The lowest BCUT2D eigenvalue weighted by atomic mass is 10.1. The van der Waals surface area contributed by atoms with E-state index < -0.39 is 0 Å². The minimum absolute atomic E-state index is 0.0626. The van der Waals surface area contributed by atoms with Crippen molar-refractivity contribution in [3.63, 3.8) is 0 Å². The molecule has 0 aromatic heterocycles. The topological polar surface area (TPSA) is 52.7 Å². The van der Waals surface area contributed by atoms with Crippen LogP contribution in [0.15, 0.2) is 72.8 Å². The van der Waals surface area contributed by atoms with Gasteiger partial charge in [-0.3, -0.25) is 9.69 Å². The Morgan fingerprint density at radius 3 is 2.42 bits per heavy atom. The summed E-state index contributed by atoms with van der Waals surface area (Å²) in [5.41, 5.74) is 2.70. The van der Waals surface area contributed by atoms with Crippen molar-refractivity contribution in [1.29, 1.82) is 0 Å². The highest BCUT2D eigenvalue weighted by Crippen LogP contribution is 2.30. The molecule has 0 atom stereocenters. The van der Waals surface area contributed by atoms with Gasteiger partial charge in [0, 0.05) is 35.9 Å². The number of amides is 3. The first-order chi connectivity index (χ1) is 15.0. The summed E-state index contributed by atoms with van der Waals surface area (Å²) in [6.45, 7) is 1.87. The largest absolute Gasteiger partial charge is 0.324 e. The number of anilines is 2. The summed E-state index contributed by atoms with van der Waals surface area (Å²) in [5, 5.41) is 3.78. The zero-order valence-corrected chi connectivity index (χ0v) is 18.2. The Hall–Kier alpha value is -3.02. The minimum atomic E-state index is -0.300. The molecular weight excluding hydrogens is 433 g/mol. The Bertz CT molecular complexity index is 1090. The maximum atomic E-state index is 13.1. The van der Waals surface area contributed by atoms with Gasteiger partial charge in [-0.1, -0.05) is 53.5 Å². The third-order valence-electron chi connectivity index (χ3n) is 5.14. The van der Waals surface area contributed by atoms with Gasteiger partial charge >= 0.3 is 6.03 Å². The van der Waals surface area contributed by atoms with Crippen molar-refractivity contribution in [1.82, 2.24) is 4.90 Å². The number of hydrogen-bond acceptors (Lipinski definition) is 2. The van der Waals surface area contributed by atoms with Crippen LogP contribution in [0.1, 0.15) is 22.3 Å². The van der Waals surface area contributed by atoms with E-state index in [0.717, 1.165) is 12.0 Å². The first-order valence-electron chi connectivity index (χ1n) is 9.98. The van der Waals surface area contributed by atoms with Crippen molar-refractivity contribution in [3.8, 4) is 0 Å². The van der Waals surface area contributed by atoms with Crippen LogP contribution in [0, 0.1) is 0 Å². The van der Waals surface area contributed by atoms with Gasteiger partial charge in [0.25, 0.3) is 5.91 Å². The SMILES string of the molecule is O=C(Nc1cc(N2CCCN(Cc3ccccc3)C2=O)ccc1Cl)c1ccc(Cl)cc1. The molecule has 5 nitrogen and oxygen atoms in total. The molecule has 1 saturated heterocycles. The number of carbonyl (C=O) groups excluding carboxylic acids is 2. The van der Waals surface area contributed by atoms with Crippen molar-refractivity contribution in [2.45, 2.75) is 13.0 Å². The summed E-state index contributed by atoms with van der Waals surface area (Å²) in [6, 6.07) is 21.7. The second-order valence-corrected chi connectivity index (χ2v) is 8.16. The third-order valence-corrected chi connectivity index (χ3v) is 5.73. The Morgan fingerprint density at radius 1 is 0.935 bits per heavy atom. The Kier molecular flexibility index (Phi) is 6.44. The normalized spacial score (nSPS) is 13.9. The molecule has 1 N–H and O–H groups in total. The first kappa shape index (κ1) is 21.2. The molecule has 0 aliphatic carbocycles. The number of nitrogens with zero attached hydrogens (tertiary/aromatic N) is 2. The fourth-order valence-electron chi connectivity index (χ4n) is 3.54. The van der Waals surface area contributed by atoms with Crippen molar-refractivity contribution in [2.75, 3.05) is 23.3 Å². The van der Waals surface area contributed by atoms with Crippen LogP contribution < -0.4 is 10.2 Å². The van der Waals surface area contributed by atoms with Crippen molar-refractivity contribution in [3.05, 3.63) is 94.0 Å². The van der Waals surface area contributed by atoms with Gasteiger partial charge in [-0.2, -0.15) is 0 Å². The number of halogens is 2. The second kappa shape index (κ2) is 9.41. The van der Waals surface area contributed by atoms with Crippen LogP contribution in [0.4, 0.5) is 16.2 Å². The highest BCUT2D eigenvalue weighted by atomic mass is 35.5. The van der Waals surface area contributed by atoms with E-state index in [4.69, 9.17) is 23.2 Å². The van der Waals surface area contributed by atoms with E-state index in [2.05, 4.69) is 5.32 Å². The smallest absolute Gasteiger partial charge is 0.321 e. The molecule has 31 heavy (non-hydrogen) atoms. The average Bonchev–Trinajstić information content (AvgIpc) is 2.78. The number of hydrogen-bond donors (Lipinski definition) is 1. The monoisotopic (exact) mass is 453 g/mol. The lowest BCUT2D eigenvalue weighted by molar-refractivity contribution is 0.102. The number of nitrogens with one attached hydrogen (secondary N) is 1. The molecule has 0 spiro atoms. The summed E-state index contributed by atoms with van der Waals surface area (Å²) in [4.78, 5) is 29.3. The zero-order valence-electron chi connectivity index (χ0n) is 16.7. The Morgan fingerprint density at radius 2 is 1.68 bits per heavy atom. The molecule has 1 aliphatic rings. The number of urea groups is 1. The van der Waals surface area contributed by atoms with Gasteiger partial charge in [0.2, 0.25) is 0 Å². The van der Waals surface area contributed by atoms with Gasteiger partial charge in [0.05, 0.1) is 10.7 Å². The van der Waals surface area contributed by atoms with Gasteiger partial charge in [-0.05, 0) is 54.4 Å². The van der Waals surface area contributed by atoms with Crippen LogP contribution in [0.3, 0.4) is 0 Å². The van der Waals surface area contributed by atoms with Gasteiger partial charge in [-0.25, -0.2) is 4.79 Å². The van der Waals surface area contributed by atoms with Gasteiger partial charge in [0.15, 0.2) is 0 Å². The minimum Gasteiger partial charge on any atom is -0.321 e. The molecule has 0 radical (unpaired) electrons. The molecule has 0 unspecified atom stereocenters. The maximum Gasteiger partial charge on any atom is 0.324 e. The van der Waals surface area contributed by atoms with Crippen LogP contribution in [0.2, 0.25) is 10.0 Å². The lowest BCUT2D eigenvalue weighted by Gasteiger charge is -2.36. The fraction of sp³-hybridized carbons (Fsp3) is 0.167. The van der Waals surface area contributed by atoms with E-state index in [-0.39, 0.29) is 11.9 Å². The molecule has 3 amide bonds. The van der Waals surface area contributed by atoms with Crippen molar-refractivity contribution < 1.29 is 9.59 Å². The van der Waals surface area contributed by atoms with Crippen LogP contribution >= 0.6 is 23.2 Å². The molecular formula is C24H21Cl2N3O2. The number of carbonyl (C=O) groups is 2. The molecule has 3 aromatic rings. The summed E-state index contributed by atoms with van der Waals surface area (Å²) >= 11 is 12.2. The predicted octanol–water partition coefficient (Wildman–Crippen LogP) is 6.08. The van der Waals surface area contributed by atoms with E-state index in [1.807, 2.05) is 35.2 Å². The summed E-state index contributed by atoms with van der Waals surface area (Å²) < 4.78 is 0. The standard InChI is InChI=1S/C24H21Cl2N3O2/c25-19-9-7-18(8-10-19)23(30)27-22-15-20(11-12-21(22)26)29-14-4-13-28(24(29)31)16-17-5-2-1-3-6-17/h1-3,5-12,15H,4,13-14,16H2,(H,27,30). The maximum absolute atomic E-state index is 13.1. The van der Waals surface area contributed by atoms with Crippen LogP contribution in [0.5, 0.6) is 0 Å². The van der Waals surface area contributed by atoms with E-state index in [1.165, 1.54) is 0 Å². The van der Waals surface area contributed by atoms with E-state index in [9.17, 15) is 9.59 Å². The number of benzene rings is 3. The molecule has 3 aromatic carbocycles. The van der Waals surface area contributed by atoms with Gasteiger partial charge in [0.1, 0.15) is 0 Å². The zero-order chi connectivity index (χ0) is 21.8. The molecule has 7 heteroatoms. The molecule has 4 rings (SSSR count). The average molecular weight is 454 g/mol. The van der Waals surface area contributed by atoms with Crippen LogP contribution in [0.25, 0.3) is 0 Å². The van der Waals surface area contributed by atoms with Crippen LogP contribution in [-0.2, 0) is 6.54 Å². The van der Waals surface area contributed by atoms with Crippen molar-refractivity contribution in [2.24, 2.45) is 0 Å². The lowest BCUT2D eigenvalue weighted by Crippen LogP contribution is -2.49. The van der Waals surface area contributed by atoms with Crippen molar-refractivity contribution >= 4 is 46.5 Å². The predicted molar refractivity (Wildman–Crippen MR) is 125 cm³/mol. The Labute approximate surface area is 191 Å². The fourth-order valence-corrected chi connectivity index (χ4v) is 3.84. The molecule has 1 aliphatic heterocycles. The van der Waals surface area contributed by atoms with Gasteiger partial charge in [-0.15, -0.1) is 0 Å². The van der Waals surface area contributed by atoms with Crippen LogP contribution in [-0.4, -0.2) is 29.9 Å². The highest BCUT2D eigenvalue weighted by molar-refractivity contribution is 6.34. The van der Waals surface area contributed by atoms with E-state index in [1.54, 1.807) is 47.4 Å². The van der Waals surface area contributed by atoms with Gasteiger partial charge < -0.3 is 10.2 Å². The molecule has 158 valence electrons. The number of rotatable bonds is 5. The van der Waals surface area contributed by atoms with E-state index >= 15 is 0 Å². The Balaban J connectivity index is 1.52. The second-order valence-electron chi connectivity index (χ2n) is 7.32. The third kappa shape index (κ3) is 5.01. The molecule has 0 bridgehead atoms. The summed E-state index contributed by atoms with van der Waals surface area (Å²) in [6.07, 6.45) is 0.855. The molecule has 0 saturated carbocycles. The molecule has 1 fully saturated rings.